The van der Waals surface area contributed by atoms with Crippen LogP contribution in [0.1, 0.15) is 12.8 Å². The molecular formula is C13H17N3O. The van der Waals surface area contributed by atoms with Crippen molar-refractivity contribution in [3.8, 4) is 0 Å². The second-order valence-electron chi connectivity index (χ2n) is 4.67. The Morgan fingerprint density at radius 2 is 2.24 bits per heavy atom. The van der Waals surface area contributed by atoms with Crippen LogP contribution in [0.3, 0.4) is 0 Å². The van der Waals surface area contributed by atoms with Gasteiger partial charge in [-0.2, -0.15) is 0 Å². The van der Waals surface area contributed by atoms with E-state index in [9.17, 15) is 4.79 Å². The molecule has 2 aliphatic heterocycles. The molecule has 0 radical (unpaired) electrons. The van der Waals surface area contributed by atoms with Crippen molar-refractivity contribution in [3.05, 3.63) is 24.3 Å². The highest BCUT2D eigenvalue weighted by Crippen LogP contribution is 2.29. The molecule has 17 heavy (non-hydrogen) atoms. The molecule has 1 atom stereocenters. The summed E-state index contributed by atoms with van der Waals surface area (Å²) in [4.78, 5) is 13.9. The van der Waals surface area contributed by atoms with Crippen molar-refractivity contribution in [3.63, 3.8) is 0 Å². The Balaban J connectivity index is 1.84. The van der Waals surface area contributed by atoms with E-state index >= 15 is 0 Å². The molecule has 0 bridgehead atoms. The molecule has 1 amide bonds. The van der Waals surface area contributed by atoms with Crippen LogP contribution < -0.4 is 15.5 Å². The van der Waals surface area contributed by atoms with Gasteiger partial charge in [-0.25, -0.2) is 0 Å². The second kappa shape index (κ2) is 4.37. The molecule has 2 heterocycles. The predicted octanol–water partition coefficient (Wildman–Crippen LogP) is 1.20. The molecule has 2 N–H and O–H groups in total. The zero-order valence-corrected chi connectivity index (χ0v) is 9.78. The first-order chi connectivity index (χ1) is 8.34. The van der Waals surface area contributed by atoms with E-state index < -0.39 is 0 Å². The van der Waals surface area contributed by atoms with Gasteiger partial charge >= 0.3 is 0 Å². The summed E-state index contributed by atoms with van der Waals surface area (Å²) in [5.74, 6) is 0.164. The predicted molar refractivity (Wildman–Crippen MR) is 68.3 cm³/mol. The largest absolute Gasteiger partial charge is 0.374 e. The van der Waals surface area contributed by atoms with Gasteiger partial charge in [-0.05, 0) is 31.5 Å². The zero-order chi connectivity index (χ0) is 11.7. The molecule has 0 aliphatic carbocycles. The molecule has 3 rings (SSSR count). The van der Waals surface area contributed by atoms with Crippen LogP contribution in [0.25, 0.3) is 0 Å². The summed E-state index contributed by atoms with van der Waals surface area (Å²) in [7, 11) is 0. The summed E-state index contributed by atoms with van der Waals surface area (Å²) < 4.78 is 0. The van der Waals surface area contributed by atoms with E-state index in [1.54, 1.807) is 0 Å². The number of carbonyl (C=O) groups excluding carboxylic acids is 1. The number of nitrogens with zero attached hydrogens (tertiary/aromatic N) is 1. The van der Waals surface area contributed by atoms with E-state index in [0.29, 0.717) is 12.6 Å². The van der Waals surface area contributed by atoms with Gasteiger partial charge in [0.1, 0.15) is 0 Å². The summed E-state index contributed by atoms with van der Waals surface area (Å²) in [6.45, 7) is 2.27. The molecule has 90 valence electrons. The summed E-state index contributed by atoms with van der Waals surface area (Å²) >= 11 is 0. The Morgan fingerprint density at radius 1 is 1.35 bits per heavy atom. The van der Waals surface area contributed by atoms with Gasteiger partial charge in [0, 0.05) is 12.6 Å². The maximum Gasteiger partial charge on any atom is 0.246 e. The van der Waals surface area contributed by atoms with Crippen LogP contribution >= 0.6 is 0 Å². The number of nitrogens with one attached hydrogen (secondary N) is 2. The van der Waals surface area contributed by atoms with Gasteiger partial charge in [0.25, 0.3) is 0 Å². The van der Waals surface area contributed by atoms with E-state index in [4.69, 9.17) is 0 Å². The molecule has 0 aromatic heterocycles. The highest BCUT2D eigenvalue weighted by Gasteiger charge is 2.26. The highest BCUT2D eigenvalue weighted by atomic mass is 16.2. The molecule has 0 spiro atoms. The molecule has 1 unspecified atom stereocenters. The topological polar surface area (TPSA) is 44.4 Å². The Labute approximate surface area is 101 Å². The number of rotatable bonds is 2. The molecule has 1 saturated heterocycles. The lowest BCUT2D eigenvalue weighted by molar-refractivity contribution is -0.117. The van der Waals surface area contributed by atoms with Crippen LogP contribution in [0.4, 0.5) is 11.4 Å². The van der Waals surface area contributed by atoms with Crippen LogP contribution in [0.5, 0.6) is 0 Å². The van der Waals surface area contributed by atoms with Crippen molar-refractivity contribution in [2.75, 3.05) is 29.9 Å². The third kappa shape index (κ3) is 2.00. The van der Waals surface area contributed by atoms with Crippen LogP contribution in [0.2, 0.25) is 0 Å². The minimum Gasteiger partial charge on any atom is -0.374 e. The summed E-state index contributed by atoms with van der Waals surface area (Å²) in [6.07, 6.45) is 2.38. The molecule has 1 aromatic rings. The van der Waals surface area contributed by atoms with Crippen LogP contribution in [-0.2, 0) is 4.79 Å². The Bertz CT molecular complexity index is 426. The molecule has 1 fully saturated rings. The number of carbonyl (C=O) groups is 1. The molecule has 0 saturated carbocycles. The third-order valence-corrected chi connectivity index (χ3v) is 3.49. The second-order valence-corrected chi connectivity index (χ2v) is 4.67. The van der Waals surface area contributed by atoms with Crippen LogP contribution in [0.15, 0.2) is 24.3 Å². The highest BCUT2D eigenvalue weighted by molar-refractivity contribution is 6.02. The molecular weight excluding hydrogens is 214 g/mol. The number of hydrogen-bond acceptors (Lipinski definition) is 3. The van der Waals surface area contributed by atoms with Gasteiger partial charge in [0.2, 0.25) is 5.91 Å². The fourth-order valence-electron chi connectivity index (χ4n) is 2.59. The molecule has 4 heteroatoms. The van der Waals surface area contributed by atoms with Crippen molar-refractivity contribution in [1.82, 2.24) is 5.32 Å². The van der Waals surface area contributed by atoms with Crippen LogP contribution in [-0.4, -0.2) is 31.6 Å². The summed E-state index contributed by atoms with van der Waals surface area (Å²) in [6, 6.07) is 8.46. The minimum absolute atomic E-state index is 0.164. The number of fused-ring (bicyclic) bond motifs is 1. The lowest BCUT2D eigenvalue weighted by atomic mass is 10.1. The normalized spacial score (nSPS) is 23.4. The first-order valence-electron chi connectivity index (χ1n) is 6.21. The standard InChI is InChI=1S/C13H17N3O/c17-13-8-15-11-5-1-2-6-12(11)16(13)9-10-4-3-7-14-10/h1-2,5-6,10,14-15H,3-4,7-9H2. The maximum absolute atomic E-state index is 12.0. The lowest BCUT2D eigenvalue weighted by Crippen LogP contribution is -2.46. The zero-order valence-electron chi connectivity index (χ0n) is 9.78. The van der Waals surface area contributed by atoms with E-state index in [0.717, 1.165) is 24.5 Å². The fourth-order valence-corrected chi connectivity index (χ4v) is 2.59. The van der Waals surface area contributed by atoms with Gasteiger partial charge in [-0.1, -0.05) is 12.1 Å². The average molecular weight is 231 g/mol. The van der Waals surface area contributed by atoms with Crippen LogP contribution in [0, 0.1) is 0 Å². The minimum atomic E-state index is 0.164. The first-order valence-corrected chi connectivity index (χ1v) is 6.21. The molecule has 4 nitrogen and oxygen atoms in total. The van der Waals surface area contributed by atoms with E-state index in [1.807, 2.05) is 29.2 Å². The quantitative estimate of drug-likeness (QED) is 0.804. The lowest BCUT2D eigenvalue weighted by Gasteiger charge is -2.32. The summed E-state index contributed by atoms with van der Waals surface area (Å²) in [5, 5.41) is 6.60. The van der Waals surface area contributed by atoms with Gasteiger partial charge in [-0.3, -0.25) is 4.79 Å². The summed E-state index contributed by atoms with van der Waals surface area (Å²) in [5.41, 5.74) is 2.07. The van der Waals surface area contributed by atoms with Crippen molar-refractivity contribution < 1.29 is 4.79 Å². The third-order valence-electron chi connectivity index (χ3n) is 3.49. The number of hydrogen-bond donors (Lipinski definition) is 2. The van der Waals surface area contributed by atoms with Gasteiger partial charge in [0.05, 0.1) is 17.9 Å². The Hall–Kier alpha value is -1.55. The number of para-hydroxylation sites is 2. The van der Waals surface area contributed by atoms with Crippen molar-refractivity contribution in [2.45, 2.75) is 18.9 Å². The van der Waals surface area contributed by atoms with Crippen molar-refractivity contribution >= 4 is 17.3 Å². The number of anilines is 2. The Morgan fingerprint density at radius 3 is 3.06 bits per heavy atom. The average Bonchev–Trinajstić information content (AvgIpc) is 2.86. The van der Waals surface area contributed by atoms with Gasteiger partial charge < -0.3 is 15.5 Å². The van der Waals surface area contributed by atoms with E-state index in [1.165, 1.54) is 12.8 Å². The molecule has 1 aromatic carbocycles. The van der Waals surface area contributed by atoms with Gasteiger partial charge in [0.15, 0.2) is 0 Å². The fraction of sp³-hybridized carbons (Fsp3) is 0.462. The molecule has 2 aliphatic rings. The smallest absolute Gasteiger partial charge is 0.246 e. The monoisotopic (exact) mass is 231 g/mol. The number of benzene rings is 1. The van der Waals surface area contributed by atoms with Gasteiger partial charge in [-0.15, -0.1) is 0 Å². The first kappa shape index (κ1) is 10.6. The van der Waals surface area contributed by atoms with Crippen molar-refractivity contribution in [2.24, 2.45) is 0 Å². The maximum atomic E-state index is 12.0. The SMILES string of the molecule is O=C1CNc2ccccc2N1CC1CCCN1. The number of amides is 1. The Kier molecular flexibility index (Phi) is 2.73. The van der Waals surface area contributed by atoms with E-state index in [2.05, 4.69) is 10.6 Å². The van der Waals surface area contributed by atoms with Crippen molar-refractivity contribution in [1.29, 1.82) is 0 Å². The van der Waals surface area contributed by atoms with E-state index in [-0.39, 0.29) is 5.91 Å².